The number of para-hydroxylation sites is 1. The highest BCUT2D eigenvalue weighted by Crippen LogP contribution is 2.31. The minimum atomic E-state index is -1.22. The highest BCUT2D eigenvalue weighted by Gasteiger charge is 2.16. The van der Waals surface area contributed by atoms with E-state index in [0.29, 0.717) is 11.3 Å². The third-order valence-corrected chi connectivity index (χ3v) is 2.85. The summed E-state index contributed by atoms with van der Waals surface area (Å²) in [5, 5.41) is 23.2. The smallest absolute Gasteiger partial charge is 0.410 e. The van der Waals surface area contributed by atoms with Gasteiger partial charge >= 0.3 is 6.09 Å². The summed E-state index contributed by atoms with van der Waals surface area (Å²) in [5.74, 6) is 0. The minimum absolute atomic E-state index is 0.0651. The zero-order valence-electron chi connectivity index (χ0n) is 8.86. The number of amides is 1. The average Bonchev–Trinajstić information content (AvgIpc) is 2.76. The fourth-order valence-electron chi connectivity index (χ4n) is 1.40. The van der Waals surface area contributed by atoms with E-state index in [9.17, 15) is 14.9 Å². The van der Waals surface area contributed by atoms with Crippen molar-refractivity contribution in [3.8, 4) is 11.3 Å². The Hall–Kier alpha value is -2.48. The van der Waals surface area contributed by atoms with Gasteiger partial charge in [-0.3, -0.25) is 15.4 Å². The molecule has 1 aromatic heterocycles. The maximum atomic E-state index is 10.9. The van der Waals surface area contributed by atoms with Crippen molar-refractivity contribution in [2.45, 2.75) is 0 Å². The molecule has 1 heterocycles. The van der Waals surface area contributed by atoms with Crippen LogP contribution in [0.5, 0.6) is 0 Å². The second kappa shape index (κ2) is 4.80. The van der Waals surface area contributed by atoms with Gasteiger partial charge in [0, 0.05) is 11.4 Å². The third-order valence-electron chi connectivity index (χ3n) is 2.09. The zero-order valence-corrected chi connectivity index (χ0v) is 9.68. The Labute approximate surface area is 105 Å². The van der Waals surface area contributed by atoms with E-state index in [1.807, 2.05) is 0 Å². The molecule has 0 saturated carbocycles. The molecule has 0 saturated heterocycles. The molecule has 2 rings (SSSR count). The molecule has 92 valence electrons. The number of carboxylic acid groups (broad SMARTS) is 1. The van der Waals surface area contributed by atoms with Crippen LogP contribution in [0, 0.1) is 10.1 Å². The number of hydrogen-bond donors (Lipinski definition) is 2. The molecule has 0 bridgehead atoms. The number of hydrogen-bond acceptors (Lipinski definition) is 5. The topological polar surface area (TPSA) is 105 Å². The SMILES string of the molecule is O=C(O)Nc1nc(-c2ccccc2[N+](=O)[O-])cs1. The van der Waals surface area contributed by atoms with Gasteiger partial charge in [0.05, 0.1) is 16.2 Å². The minimum Gasteiger partial charge on any atom is -0.465 e. The quantitative estimate of drug-likeness (QED) is 0.655. The van der Waals surface area contributed by atoms with Crippen LogP contribution in [0.4, 0.5) is 15.6 Å². The van der Waals surface area contributed by atoms with Crippen molar-refractivity contribution in [3.05, 3.63) is 39.8 Å². The number of nitrogens with zero attached hydrogens (tertiary/aromatic N) is 2. The molecule has 2 N–H and O–H groups in total. The van der Waals surface area contributed by atoms with Crippen LogP contribution in [0.25, 0.3) is 11.3 Å². The summed E-state index contributed by atoms with van der Waals surface area (Å²) in [6, 6.07) is 6.16. The van der Waals surface area contributed by atoms with E-state index in [-0.39, 0.29) is 10.8 Å². The Morgan fingerprint density at radius 2 is 2.17 bits per heavy atom. The molecule has 2 aromatic rings. The largest absolute Gasteiger partial charge is 0.465 e. The van der Waals surface area contributed by atoms with E-state index in [4.69, 9.17) is 5.11 Å². The van der Waals surface area contributed by atoms with Crippen molar-refractivity contribution in [3.63, 3.8) is 0 Å². The van der Waals surface area contributed by atoms with Crippen molar-refractivity contribution < 1.29 is 14.8 Å². The van der Waals surface area contributed by atoms with Crippen molar-refractivity contribution in [2.24, 2.45) is 0 Å². The van der Waals surface area contributed by atoms with E-state index in [2.05, 4.69) is 10.3 Å². The maximum absolute atomic E-state index is 10.9. The highest BCUT2D eigenvalue weighted by atomic mass is 32.1. The molecule has 1 amide bonds. The molecule has 18 heavy (non-hydrogen) atoms. The van der Waals surface area contributed by atoms with Gasteiger partial charge in [0.2, 0.25) is 0 Å². The first kappa shape index (κ1) is 12.0. The molecule has 0 unspecified atom stereocenters. The molecular weight excluding hydrogens is 258 g/mol. The van der Waals surface area contributed by atoms with E-state index in [0.717, 1.165) is 11.3 Å². The summed E-state index contributed by atoms with van der Waals surface area (Å²) in [7, 11) is 0. The first-order chi connectivity index (χ1) is 8.58. The number of anilines is 1. The van der Waals surface area contributed by atoms with Crippen LogP contribution in [0.1, 0.15) is 0 Å². The molecule has 0 radical (unpaired) electrons. The standard InChI is InChI=1S/C10H7N3O4S/c14-10(15)12-9-11-7(5-18-9)6-3-1-2-4-8(6)13(16)17/h1-5H,(H,11,12)(H,14,15). The van der Waals surface area contributed by atoms with Crippen LogP contribution in [0.3, 0.4) is 0 Å². The predicted octanol–water partition coefficient (Wildman–Crippen LogP) is 2.81. The van der Waals surface area contributed by atoms with Crippen molar-refractivity contribution in [2.75, 3.05) is 5.32 Å². The second-order valence-electron chi connectivity index (χ2n) is 3.24. The normalized spacial score (nSPS) is 10.0. The molecule has 7 nitrogen and oxygen atoms in total. The Balaban J connectivity index is 2.40. The van der Waals surface area contributed by atoms with Crippen molar-refractivity contribution in [1.82, 2.24) is 4.98 Å². The van der Waals surface area contributed by atoms with Crippen LogP contribution < -0.4 is 5.32 Å². The average molecular weight is 265 g/mol. The Kier molecular flexibility index (Phi) is 3.20. The molecule has 0 fully saturated rings. The zero-order chi connectivity index (χ0) is 13.1. The van der Waals surface area contributed by atoms with Gasteiger partial charge in [0.1, 0.15) is 0 Å². The fourth-order valence-corrected chi connectivity index (χ4v) is 2.10. The van der Waals surface area contributed by atoms with Gasteiger partial charge in [-0.15, -0.1) is 11.3 Å². The third kappa shape index (κ3) is 2.43. The molecule has 0 spiro atoms. The van der Waals surface area contributed by atoms with Gasteiger partial charge in [-0.25, -0.2) is 9.78 Å². The number of aromatic nitrogens is 1. The number of carbonyl (C=O) groups is 1. The van der Waals surface area contributed by atoms with Gasteiger partial charge < -0.3 is 5.11 Å². The molecule has 0 aliphatic rings. The van der Waals surface area contributed by atoms with E-state index >= 15 is 0 Å². The van der Waals surface area contributed by atoms with Crippen LogP contribution in [-0.4, -0.2) is 21.1 Å². The summed E-state index contributed by atoms with van der Waals surface area (Å²) in [6.07, 6.45) is -1.22. The van der Waals surface area contributed by atoms with Gasteiger partial charge in [0.15, 0.2) is 5.13 Å². The Bertz CT molecular complexity index is 611. The lowest BCUT2D eigenvalue weighted by molar-refractivity contribution is -0.384. The first-order valence-corrected chi connectivity index (χ1v) is 5.65. The van der Waals surface area contributed by atoms with E-state index in [1.54, 1.807) is 23.6 Å². The van der Waals surface area contributed by atoms with Gasteiger partial charge in [0.25, 0.3) is 5.69 Å². The van der Waals surface area contributed by atoms with Gasteiger partial charge in [-0.05, 0) is 6.07 Å². The van der Waals surface area contributed by atoms with Crippen molar-refractivity contribution in [1.29, 1.82) is 0 Å². The van der Waals surface area contributed by atoms with E-state index in [1.165, 1.54) is 6.07 Å². The van der Waals surface area contributed by atoms with Crippen LogP contribution in [0.2, 0.25) is 0 Å². The van der Waals surface area contributed by atoms with Crippen LogP contribution in [-0.2, 0) is 0 Å². The Morgan fingerprint density at radius 1 is 1.44 bits per heavy atom. The van der Waals surface area contributed by atoms with Crippen molar-refractivity contribution >= 4 is 28.2 Å². The number of benzene rings is 1. The molecule has 1 aromatic carbocycles. The summed E-state index contributed by atoms with van der Waals surface area (Å²) < 4.78 is 0. The van der Waals surface area contributed by atoms with Gasteiger partial charge in [-0.2, -0.15) is 0 Å². The fraction of sp³-hybridized carbons (Fsp3) is 0. The lowest BCUT2D eigenvalue weighted by Crippen LogP contribution is -2.06. The lowest BCUT2D eigenvalue weighted by atomic mass is 10.1. The monoisotopic (exact) mass is 265 g/mol. The predicted molar refractivity (Wildman–Crippen MR) is 65.9 cm³/mol. The summed E-state index contributed by atoms with van der Waals surface area (Å²) in [5.41, 5.74) is 0.665. The number of thiazole rings is 1. The first-order valence-electron chi connectivity index (χ1n) is 4.77. The number of nitrogens with one attached hydrogen (secondary N) is 1. The molecule has 0 aliphatic carbocycles. The van der Waals surface area contributed by atoms with Crippen LogP contribution in [0.15, 0.2) is 29.6 Å². The lowest BCUT2D eigenvalue weighted by Gasteiger charge is -1.98. The summed E-state index contributed by atoms with van der Waals surface area (Å²) in [6.45, 7) is 0. The second-order valence-corrected chi connectivity index (χ2v) is 4.10. The molecule has 8 heteroatoms. The van der Waals surface area contributed by atoms with Gasteiger partial charge in [-0.1, -0.05) is 12.1 Å². The number of nitro groups is 1. The van der Waals surface area contributed by atoms with Crippen LogP contribution >= 0.6 is 11.3 Å². The highest BCUT2D eigenvalue weighted by molar-refractivity contribution is 7.14. The van der Waals surface area contributed by atoms with E-state index < -0.39 is 11.0 Å². The number of nitro benzene ring substituents is 1. The molecule has 0 atom stereocenters. The molecule has 0 aliphatic heterocycles. The Morgan fingerprint density at radius 3 is 2.83 bits per heavy atom. The number of rotatable bonds is 3. The maximum Gasteiger partial charge on any atom is 0.410 e. The molecular formula is C10H7N3O4S. The summed E-state index contributed by atoms with van der Waals surface area (Å²) in [4.78, 5) is 24.8. The summed E-state index contributed by atoms with van der Waals surface area (Å²) >= 11 is 1.07.